The van der Waals surface area contributed by atoms with E-state index in [9.17, 15) is 0 Å². The lowest BCUT2D eigenvalue weighted by molar-refractivity contribution is 1.11. The van der Waals surface area contributed by atoms with E-state index in [1.165, 1.54) is 10.8 Å². The molecule has 0 unspecified atom stereocenters. The number of hydrogen-bond donors (Lipinski definition) is 0. The van der Waals surface area contributed by atoms with Crippen LogP contribution >= 0.6 is 0 Å². The zero-order valence-corrected chi connectivity index (χ0v) is 7.51. The van der Waals surface area contributed by atoms with E-state index in [4.69, 9.17) is 0 Å². The summed E-state index contributed by atoms with van der Waals surface area (Å²) in [5.41, 5.74) is 1.34. The topological polar surface area (TPSA) is 0 Å². The van der Waals surface area contributed by atoms with Crippen LogP contribution in [0.5, 0.6) is 0 Å². The van der Waals surface area contributed by atoms with Gasteiger partial charge in [-0.1, -0.05) is 50.4 Å². The molecule has 0 amide bonds. The minimum absolute atomic E-state index is 1.04. The van der Waals surface area contributed by atoms with Crippen molar-refractivity contribution in [2.24, 2.45) is 0 Å². The van der Waals surface area contributed by atoms with Crippen LogP contribution in [0.3, 0.4) is 0 Å². The number of rotatable bonds is 2. The molecule has 0 saturated carbocycles. The zero-order valence-electron chi connectivity index (χ0n) is 7.51. The minimum atomic E-state index is 1.04. The second kappa shape index (κ2) is 3.91. The summed E-state index contributed by atoms with van der Waals surface area (Å²) in [5.74, 6) is 0. The third-order valence-corrected chi connectivity index (χ3v) is 1.95. The Morgan fingerprint density at radius 1 is 1.42 bits per heavy atom. The summed E-state index contributed by atoms with van der Waals surface area (Å²) >= 11 is 0. The van der Waals surface area contributed by atoms with Crippen LogP contribution < -0.4 is 10.4 Å². The lowest BCUT2D eigenvalue weighted by Gasteiger charge is -1.97. The Morgan fingerprint density at radius 2 is 2.17 bits per heavy atom. The first kappa shape index (κ1) is 8.79. The van der Waals surface area contributed by atoms with E-state index in [2.05, 4.69) is 26.1 Å². The highest BCUT2D eigenvalue weighted by Gasteiger charge is 1.90. The summed E-state index contributed by atoms with van der Waals surface area (Å²) in [6, 6.07) is 6.19. The van der Waals surface area contributed by atoms with Crippen LogP contribution in [0.25, 0.3) is 12.7 Å². The van der Waals surface area contributed by atoms with Crippen molar-refractivity contribution in [3.63, 3.8) is 0 Å². The SMILES string of the molecule is C=C/C=c1/c(CC)cccc1=C. The monoisotopic (exact) mass is 158 g/mol. The molecule has 0 spiro atoms. The highest BCUT2D eigenvalue weighted by Crippen LogP contribution is 1.88. The average Bonchev–Trinajstić information content (AvgIpc) is 2.09. The summed E-state index contributed by atoms with van der Waals surface area (Å²) in [6.45, 7) is 9.81. The van der Waals surface area contributed by atoms with Crippen molar-refractivity contribution >= 4 is 12.7 Å². The Kier molecular flexibility index (Phi) is 2.87. The Morgan fingerprint density at radius 3 is 2.75 bits per heavy atom. The Hall–Kier alpha value is -1.30. The molecule has 1 aromatic carbocycles. The quantitative estimate of drug-likeness (QED) is 0.613. The lowest BCUT2D eigenvalue weighted by Crippen LogP contribution is -2.26. The van der Waals surface area contributed by atoms with Crippen LogP contribution in [0.1, 0.15) is 12.5 Å². The molecule has 0 saturated heterocycles. The van der Waals surface area contributed by atoms with Crippen LogP contribution in [0.2, 0.25) is 0 Å². The predicted octanol–water partition coefficient (Wildman–Crippen LogP) is 1.63. The fourth-order valence-electron chi connectivity index (χ4n) is 1.31. The first-order chi connectivity index (χ1) is 5.79. The van der Waals surface area contributed by atoms with Crippen molar-refractivity contribution < 1.29 is 0 Å². The van der Waals surface area contributed by atoms with Crippen LogP contribution in [-0.2, 0) is 6.42 Å². The van der Waals surface area contributed by atoms with Crippen LogP contribution in [0.4, 0.5) is 0 Å². The third kappa shape index (κ3) is 1.65. The van der Waals surface area contributed by atoms with Crippen molar-refractivity contribution in [3.8, 4) is 0 Å². The van der Waals surface area contributed by atoms with Gasteiger partial charge in [-0.05, 0) is 22.4 Å². The molecule has 0 bridgehead atoms. The summed E-state index contributed by atoms with van der Waals surface area (Å²) < 4.78 is 0. The molecule has 0 aliphatic carbocycles. The molecule has 0 radical (unpaired) electrons. The summed E-state index contributed by atoms with van der Waals surface area (Å²) in [7, 11) is 0. The molecule has 12 heavy (non-hydrogen) atoms. The van der Waals surface area contributed by atoms with Crippen molar-refractivity contribution in [1.82, 2.24) is 0 Å². The van der Waals surface area contributed by atoms with E-state index in [0.29, 0.717) is 0 Å². The standard InChI is InChI=1S/C12H14/c1-4-7-12-10(3)8-6-9-11(12)5-2/h4,6-9H,1,3,5H2,2H3/b12-7+. The van der Waals surface area contributed by atoms with Gasteiger partial charge in [-0.15, -0.1) is 0 Å². The number of benzene rings is 1. The van der Waals surface area contributed by atoms with Gasteiger partial charge < -0.3 is 0 Å². The van der Waals surface area contributed by atoms with E-state index in [-0.39, 0.29) is 0 Å². The summed E-state index contributed by atoms with van der Waals surface area (Å²) in [4.78, 5) is 0. The largest absolute Gasteiger partial charge is 0.0990 e. The van der Waals surface area contributed by atoms with E-state index in [0.717, 1.165) is 11.6 Å². The van der Waals surface area contributed by atoms with Crippen molar-refractivity contribution in [2.45, 2.75) is 13.3 Å². The Labute approximate surface area is 73.6 Å². The van der Waals surface area contributed by atoms with Crippen molar-refractivity contribution in [2.75, 3.05) is 0 Å². The molecule has 0 fully saturated rings. The highest BCUT2D eigenvalue weighted by molar-refractivity contribution is 5.39. The van der Waals surface area contributed by atoms with Crippen molar-refractivity contribution in [3.05, 3.63) is 46.9 Å². The average molecular weight is 158 g/mol. The predicted molar refractivity (Wildman–Crippen MR) is 55.3 cm³/mol. The molecule has 0 aliphatic heterocycles. The van der Waals surface area contributed by atoms with Gasteiger partial charge in [0, 0.05) is 0 Å². The third-order valence-electron chi connectivity index (χ3n) is 1.95. The maximum atomic E-state index is 3.97. The van der Waals surface area contributed by atoms with Crippen LogP contribution in [-0.4, -0.2) is 0 Å². The van der Waals surface area contributed by atoms with E-state index in [1.807, 2.05) is 24.3 Å². The van der Waals surface area contributed by atoms with E-state index >= 15 is 0 Å². The van der Waals surface area contributed by atoms with Gasteiger partial charge >= 0.3 is 0 Å². The summed E-state index contributed by atoms with van der Waals surface area (Å²) in [6.07, 6.45) is 4.87. The number of allylic oxidation sites excluding steroid dienone is 1. The molecule has 0 atom stereocenters. The van der Waals surface area contributed by atoms with Gasteiger partial charge in [-0.2, -0.15) is 0 Å². The van der Waals surface area contributed by atoms with Gasteiger partial charge in [0.05, 0.1) is 0 Å². The van der Waals surface area contributed by atoms with Gasteiger partial charge in [0.15, 0.2) is 0 Å². The second-order valence-corrected chi connectivity index (χ2v) is 2.75. The van der Waals surface area contributed by atoms with Gasteiger partial charge in [-0.25, -0.2) is 0 Å². The Bertz CT molecular complexity index is 372. The number of aryl methyl sites for hydroxylation is 1. The normalized spacial score (nSPS) is 11.6. The van der Waals surface area contributed by atoms with Crippen LogP contribution in [0, 0.1) is 0 Å². The maximum absolute atomic E-state index is 3.97. The zero-order chi connectivity index (χ0) is 8.97. The molecule has 0 aromatic heterocycles. The van der Waals surface area contributed by atoms with Gasteiger partial charge in [0.25, 0.3) is 0 Å². The van der Waals surface area contributed by atoms with Crippen molar-refractivity contribution in [1.29, 1.82) is 0 Å². The molecule has 62 valence electrons. The fraction of sp³-hybridized carbons (Fsp3) is 0.167. The van der Waals surface area contributed by atoms with Crippen LogP contribution in [0.15, 0.2) is 30.9 Å². The number of hydrogen-bond acceptors (Lipinski definition) is 0. The first-order valence-corrected chi connectivity index (χ1v) is 4.19. The minimum Gasteiger partial charge on any atom is -0.0990 e. The van der Waals surface area contributed by atoms with Gasteiger partial charge in [0.2, 0.25) is 0 Å². The molecular formula is C12H14. The molecular weight excluding hydrogens is 144 g/mol. The van der Waals surface area contributed by atoms with Gasteiger partial charge in [-0.3, -0.25) is 0 Å². The summed E-state index contributed by atoms with van der Waals surface area (Å²) in [5, 5.41) is 2.30. The molecule has 0 nitrogen and oxygen atoms in total. The molecule has 0 aliphatic rings. The molecule has 1 rings (SSSR count). The highest BCUT2D eigenvalue weighted by atomic mass is 13.9. The Balaban J connectivity index is 3.51. The molecule has 0 N–H and O–H groups in total. The van der Waals surface area contributed by atoms with E-state index in [1.54, 1.807) is 0 Å². The first-order valence-electron chi connectivity index (χ1n) is 4.19. The molecule has 0 heteroatoms. The second-order valence-electron chi connectivity index (χ2n) is 2.75. The molecule has 0 heterocycles. The maximum Gasteiger partial charge on any atom is -0.0158 e. The van der Waals surface area contributed by atoms with Gasteiger partial charge in [0.1, 0.15) is 0 Å². The lowest BCUT2D eigenvalue weighted by atomic mass is 10.1. The fourth-order valence-corrected chi connectivity index (χ4v) is 1.31. The van der Waals surface area contributed by atoms with E-state index < -0.39 is 0 Å². The molecule has 1 aromatic rings. The smallest absolute Gasteiger partial charge is 0.0158 e.